The third-order valence-electron chi connectivity index (χ3n) is 3.68. The Morgan fingerprint density at radius 3 is 2.64 bits per heavy atom. The van der Waals surface area contributed by atoms with E-state index in [0.717, 1.165) is 15.3 Å². The molecule has 0 saturated carbocycles. The van der Waals surface area contributed by atoms with E-state index < -0.39 is 0 Å². The van der Waals surface area contributed by atoms with Crippen LogP contribution in [-0.2, 0) is 4.79 Å². The van der Waals surface area contributed by atoms with Crippen molar-refractivity contribution in [2.45, 2.75) is 33.6 Å². The van der Waals surface area contributed by atoms with Crippen LogP contribution >= 0.6 is 11.3 Å². The van der Waals surface area contributed by atoms with Gasteiger partial charge in [0.1, 0.15) is 22.9 Å². The molecule has 0 fully saturated rings. The van der Waals surface area contributed by atoms with Gasteiger partial charge in [-0.15, -0.1) is 24.5 Å². The van der Waals surface area contributed by atoms with E-state index in [9.17, 15) is 4.79 Å². The number of rotatable bonds is 4. The Kier molecular flexibility index (Phi) is 10.0. The fraction of sp³-hybridized carbons (Fsp3) is 0.227. The fourth-order valence-electron chi connectivity index (χ4n) is 2.47. The van der Waals surface area contributed by atoms with Gasteiger partial charge >= 0.3 is 0 Å². The summed E-state index contributed by atoms with van der Waals surface area (Å²) in [4.78, 5) is 17.1. The number of thiazole rings is 1. The average molecular weight is 395 g/mol. The van der Waals surface area contributed by atoms with Gasteiger partial charge in [0.2, 0.25) is 5.91 Å². The molecule has 5 nitrogen and oxygen atoms in total. The number of anilines is 1. The number of carbonyl (C=O) groups is 1. The van der Waals surface area contributed by atoms with Gasteiger partial charge in [-0.25, -0.2) is 4.98 Å². The normalized spacial score (nSPS) is 11.1. The topological polar surface area (TPSA) is 70.2 Å². The van der Waals surface area contributed by atoms with E-state index in [1.165, 1.54) is 11.3 Å². The highest BCUT2D eigenvalue weighted by atomic mass is 32.1. The summed E-state index contributed by atoms with van der Waals surface area (Å²) in [6.07, 6.45) is 6.71. The molecule has 0 spiro atoms. The number of nitriles is 1. The molecule has 0 saturated heterocycles. The maximum atomic E-state index is 12.1. The molecule has 0 aliphatic rings. The molecule has 3 aromatic rings. The van der Waals surface area contributed by atoms with Gasteiger partial charge in [0.25, 0.3) is 0 Å². The summed E-state index contributed by atoms with van der Waals surface area (Å²) in [5.74, 6) is 0.422. The summed E-state index contributed by atoms with van der Waals surface area (Å²) in [7, 11) is 0. The minimum atomic E-state index is -0.0864. The van der Waals surface area contributed by atoms with Crippen LogP contribution in [0.5, 0.6) is 0 Å². The van der Waals surface area contributed by atoms with E-state index in [1.807, 2.05) is 39.0 Å². The SMILES string of the molecule is C/C=c1/cccc/c1=C/CCC(=O)Nc1ncn2c(C#N)csc12.C=C.CC. The molecule has 0 bridgehead atoms. The van der Waals surface area contributed by atoms with Crippen LogP contribution in [0.15, 0.2) is 49.1 Å². The molecule has 146 valence electrons. The van der Waals surface area contributed by atoms with Crippen LogP contribution in [0.4, 0.5) is 5.82 Å². The second-order valence-electron chi connectivity index (χ2n) is 5.21. The Hall–Kier alpha value is -3.17. The lowest BCUT2D eigenvalue weighted by atomic mass is 10.2. The lowest BCUT2D eigenvalue weighted by Crippen LogP contribution is -2.23. The summed E-state index contributed by atoms with van der Waals surface area (Å²) >= 11 is 1.39. The number of nitrogens with one attached hydrogen (secondary N) is 1. The number of imidazole rings is 1. The lowest BCUT2D eigenvalue weighted by Gasteiger charge is -2.00. The molecule has 2 aromatic heterocycles. The van der Waals surface area contributed by atoms with Crippen molar-refractivity contribution in [3.05, 3.63) is 65.3 Å². The van der Waals surface area contributed by atoms with Gasteiger partial charge < -0.3 is 5.32 Å². The number of fused-ring (bicyclic) bond motifs is 1. The van der Waals surface area contributed by atoms with E-state index >= 15 is 0 Å². The summed E-state index contributed by atoms with van der Waals surface area (Å²) in [6.45, 7) is 12.0. The minimum Gasteiger partial charge on any atom is -0.308 e. The van der Waals surface area contributed by atoms with Crippen LogP contribution in [0.2, 0.25) is 0 Å². The third-order valence-corrected chi connectivity index (χ3v) is 4.63. The Balaban J connectivity index is 0.000000921. The summed E-state index contributed by atoms with van der Waals surface area (Å²) < 4.78 is 1.68. The second kappa shape index (κ2) is 12.3. The quantitative estimate of drug-likeness (QED) is 0.678. The van der Waals surface area contributed by atoms with Crippen LogP contribution in [0, 0.1) is 11.3 Å². The molecule has 1 N–H and O–H groups in total. The maximum absolute atomic E-state index is 12.1. The van der Waals surface area contributed by atoms with Gasteiger partial charge in [0.15, 0.2) is 5.82 Å². The van der Waals surface area contributed by atoms with Gasteiger partial charge in [-0.2, -0.15) is 5.26 Å². The zero-order chi connectivity index (χ0) is 20.9. The number of nitrogens with zero attached hydrogens (tertiary/aromatic N) is 3. The van der Waals surface area contributed by atoms with Crippen molar-refractivity contribution in [1.82, 2.24) is 9.38 Å². The first kappa shape index (κ1) is 22.9. The van der Waals surface area contributed by atoms with Gasteiger partial charge in [-0.05, 0) is 23.8 Å². The number of hydrogen-bond donors (Lipinski definition) is 1. The van der Waals surface area contributed by atoms with Crippen LogP contribution in [0.1, 0.15) is 39.3 Å². The van der Waals surface area contributed by atoms with Gasteiger partial charge in [0.05, 0.1) is 0 Å². The molecule has 6 heteroatoms. The van der Waals surface area contributed by atoms with Crippen molar-refractivity contribution in [2.24, 2.45) is 0 Å². The molecule has 0 radical (unpaired) electrons. The van der Waals surface area contributed by atoms with Crippen LogP contribution in [-0.4, -0.2) is 15.3 Å². The van der Waals surface area contributed by atoms with Gasteiger partial charge in [-0.3, -0.25) is 9.20 Å². The molecular formula is C22H26N4OS. The van der Waals surface area contributed by atoms with E-state index in [2.05, 4.69) is 47.7 Å². The highest BCUT2D eigenvalue weighted by Crippen LogP contribution is 2.23. The van der Waals surface area contributed by atoms with Crippen molar-refractivity contribution in [2.75, 3.05) is 5.32 Å². The predicted octanol–water partition coefficient (Wildman–Crippen LogP) is 4.10. The van der Waals surface area contributed by atoms with Crippen LogP contribution < -0.4 is 15.8 Å². The Bertz CT molecular complexity index is 1060. The monoisotopic (exact) mass is 394 g/mol. The van der Waals surface area contributed by atoms with Crippen molar-refractivity contribution < 1.29 is 4.79 Å². The van der Waals surface area contributed by atoms with Gasteiger partial charge in [0, 0.05) is 11.8 Å². The molecule has 0 atom stereocenters. The highest BCUT2D eigenvalue weighted by Gasteiger charge is 2.11. The first-order valence-electron chi connectivity index (χ1n) is 9.09. The van der Waals surface area contributed by atoms with Crippen LogP contribution in [0.25, 0.3) is 17.0 Å². The minimum absolute atomic E-state index is 0.0864. The first-order valence-corrected chi connectivity index (χ1v) is 9.97. The molecule has 0 aliphatic heterocycles. The number of aromatic nitrogens is 2. The van der Waals surface area contributed by atoms with Gasteiger partial charge in [-0.1, -0.05) is 50.3 Å². The largest absolute Gasteiger partial charge is 0.308 e. The fourth-order valence-corrected chi connectivity index (χ4v) is 3.33. The van der Waals surface area contributed by atoms with Crippen molar-refractivity contribution in [3.8, 4) is 6.07 Å². The highest BCUT2D eigenvalue weighted by molar-refractivity contribution is 7.16. The standard InChI is InChI=1S/C18H16N4OS.C2H6.C2H4/c1-2-13-6-3-4-7-14(13)8-5-9-16(23)21-17-18-22(12-20-17)15(10-19)11-24-18;2*1-2/h2-4,6-8,11-12H,5,9H2,1H3,(H,21,23);1-2H3;1-2H2/b13-2-,14-8-;;. The molecule has 1 amide bonds. The molecule has 28 heavy (non-hydrogen) atoms. The zero-order valence-electron chi connectivity index (χ0n) is 16.6. The summed E-state index contributed by atoms with van der Waals surface area (Å²) in [6, 6.07) is 10.2. The smallest absolute Gasteiger partial charge is 0.225 e. The van der Waals surface area contributed by atoms with Crippen molar-refractivity contribution in [3.63, 3.8) is 0 Å². The van der Waals surface area contributed by atoms with Crippen LogP contribution in [0.3, 0.4) is 0 Å². The first-order chi connectivity index (χ1) is 13.7. The summed E-state index contributed by atoms with van der Waals surface area (Å²) in [5, 5.41) is 15.9. The second-order valence-corrected chi connectivity index (χ2v) is 6.07. The lowest BCUT2D eigenvalue weighted by molar-refractivity contribution is -0.116. The Morgan fingerprint density at radius 2 is 2.00 bits per heavy atom. The number of hydrogen-bond acceptors (Lipinski definition) is 4. The molecular weight excluding hydrogens is 368 g/mol. The number of carbonyl (C=O) groups excluding carboxylic acids is 1. The zero-order valence-corrected chi connectivity index (χ0v) is 17.4. The number of amides is 1. The molecule has 0 unspecified atom stereocenters. The molecule has 3 rings (SSSR count). The third kappa shape index (κ3) is 5.66. The van der Waals surface area contributed by atoms with E-state index in [0.29, 0.717) is 24.4 Å². The predicted molar refractivity (Wildman–Crippen MR) is 119 cm³/mol. The molecule has 2 heterocycles. The number of benzene rings is 1. The molecule has 0 aliphatic carbocycles. The van der Waals surface area contributed by atoms with E-state index in [1.54, 1.807) is 16.1 Å². The van der Waals surface area contributed by atoms with Crippen molar-refractivity contribution >= 4 is 40.0 Å². The van der Waals surface area contributed by atoms with E-state index in [4.69, 9.17) is 5.26 Å². The maximum Gasteiger partial charge on any atom is 0.225 e. The Labute approximate surface area is 170 Å². The van der Waals surface area contributed by atoms with E-state index in [-0.39, 0.29) is 5.91 Å². The van der Waals surface area contributed by atoms with Crippen molar-refractivity contribution in [1.29, 1.82) is 5.26 Å². The molecule has 1 aromatic carbocycles. The Morgan fingerprint density at radius 1 is 1.32 bits per heavy atom. The average Bonchev–Trinajstić information content (AvgIpc) is 3.34. The summed E-state index contributed by atoms with van der Waals surface area (Å²) in [5.41, 5.74) is 0.517.